The van der Waals surface area contributed by atoms with Gasteiger partial charge in [-0.15, -0.1) is 0 Å². The van der Waals surface area contributed by atoms with Gasteiger partial charge in [-0.2, -0.15) is 5.10 Å². The number of fused-ring (bicyclic) bond motifs is 1. The molecule has 4 aliphatic rings. The molecular formula is C13H24N4. The molecule has 4 bridgehead atoms. The largest absolute Gasteiger partial charge is 0.323 e. The van der Waals surface area contributed by atoms with Crippen LogP contribution in [-0.4, -0.2) is 54.8 Å². The molecule has 17 heavy (non-hydrogen) atoms. The molecule has 96 valence electrons. The molecule has 2 atom stereocenters. The summed E-state index contributed by atoms with van der Waals surface area (Å²) in [6, 6.07) is 0. The Morgan fingerprint density at radius 2 is 1.94 bits per heavy atom. The lowest BCUT2D eigenvalue weighted by Gasteiger charge is -2.50. The van der Waals surface area contributed by atoms with Crippen LogP contribution >= 0.6 is 0 Å². The summed E-state index contributed by atoms with van der Waals surface area (Å²) in [6.45, 7) is 9.49. The number of rotatable bonds is 3. The molecule has 0 aliphatic carbocycles. The maximum atomic E-state index is 5.71. The standard InChI is InChI=1S/C13H24N4/c1-2-3-4-13-9-16-5-6-17(10-13)8-11(7-16)12(13)15-14/h11H,2-10,14H2,1H3. The topological polar surface area (TPSA) is 44.9 Å². The molecule has 2 unspecified atom stereocenters. The van der Waals surface area contributed by atoms with Crippen molar-refractivity contribution in [3.05, 3.63) is 0 Å². The van der Waals surface area contributed by atoms with E-state index in [2.05, 4.69) is 21.8 Å². The summed E-state index contributed by atoms with van der Waals surface area (Å²) in [7, 11) is 0. The second-order valence-corrected chi connectivity index (χ2v) is 6.07. The second kappa shape index (κ2) is 4.25. The van der Waals surface area contributed by atoms with E-state index < -0.39 is 0 Å². The van der Waals surface area contributed by atoms with Crippen molar-refractivity contribution >= 4 is 5.71 Å². The highest BCUT2D eigenvalue weighted by Gasteiger charge is 2.51. The van der Waals surface area contributed by atoms with E-state index in [1.165, 1.54) is 64.2 Å². The van der Waals surface area contributed by atoms with Crippen LogP contribution < -0.4 is 5.84 Å². The van der Waals surface area contributed by atoms with Gasteiger partial charge in [-0.05, 0) is 6.42 Å². The Bertz CT molecular complexity index is 309. The minimum absolute atomic E-state index is 0.280. The number of nitrogens with zero attached hydrogens (tertiary/aromatic N) is 3. The summed E-state index contributed by atoms with van der Waals surface area (Å²) in [6.07, 6.45) is 3.83. The molecule has 0 aromatic carbocycles. The van der Waals surface area contributed by atoms with Crippen LogP contribution in [0, 0.1) is 11.3 Å². The Morgan fingerprint density at radius 3 is 2.47 bits per heavy atom. The first-order valence-electron chi connectivity index (χ1n) is 7.00. The van der Waals surface area contributed by atoms with Gasteiger partial charge in [-0.1, -0.05) is 19.8 Å². The summed E-state index contributed by atoms with van der Waals surface area (Å²) in [5.41, 5.74) is 1.61. The number of hydrogen-bond donors (Lipinski definition) is 1. The summed E-state index contributed by atoms with van der Waals surface area (Å²) in [5, 5.41) is 4.22. The van der Waals surface area contributed by atoms with Crippen LogP contribution in [0.15, 0.2) is 5.10 Å². The van der Waals surface area contributed by atoms with Gasteiger partial charge in [0.1, 0.15) is 0 Å². The van der Waals surface area contributed by atoms with E-state index in [-0.39, 0.29) is 5.41 Å². The highest BCUT2D eigenvalue weighted by atomic mass is 15.3. The van der Waals surface area contributed by atoms with Crippen molar-refractivity contribution < 1.29 is 0 Å². The molecule has 2 N–H and O–H groups in total. The van der Waals surface area contributed by atoms with Gasteiger partial charge in [-0.3, -0.25) is 0 Å². The number of hydrogen-bond acceptors (Lipinski definition) is 4. The number of piperidine rings is 2. The van der Waals surface area contributed by atoms with Gasteiger partial charge in [-0.25, -0.2) is 0 Å². The fraction of sp³-hybridized carbons (Fsp3) is 0.923. The number of unbranched alkanes of at least 4 members (excludes halogenated alkanes) is 1. The first kappa shape index (κ1) is 11.5. The molecular weight excluding hydrogens is 212 g/mol. The summed E-state index contributed by atoms with van der Waals surface area (Å²) in [5.74, 6) is 6.31. The molecule has 4 fully saturated rings. The van der Waals surface area contributed by atoms with Crippen LogP contribution in [0.3, 0.4) is 0 Å². The van der Waals surface area contributed by atoms with Gasteiger partial charge in [0.2, 0.25) is 0 Å². The zero-order valence-corrected chi connectivity index (χ0v) is 10.9. The number of nitrogens with two attached hydrogens (primary N) is 1. The molecule has 4 nitrogen and oxygen atoms in total. The molecule has 0 radical (unpaired) electrons. The average Bonchev–Trinajstić information content (AvgIpc) is 2.55. The zero-order valence-electron chi connectivity index (χ0n) is 10.9. The first-order valence-corrected chi connectivity index (χ1v) is 7.00. The molecule has 4 saturated heterocycles. The van der Waals surface area contributed by atoms with Crippen LogP contribution in [0.4, 0.5) is 0 Å². The highest BCUT2D eigenvalue weighted by Crippen LogP contribution is 2.41. The highest BCUT2D eigenvalue weighted by molar-refractivity contribution is 5.94. The van der Waals surface area contributed by atoms with Gasteiger partial charge < -0.3 is 15.6 Å². The average molecular weight is 236 g/mol. The lowest BCUT2D eigenvalue weighted by molar-refractivity contribution is 0.109. The van der Waals surface area contributed by atoms with E-state index in [4.69, 9.17) is 5.84 Å². The van der Waals surface area contributed by atoms with Gasteiger partial charge in [0.05, 0.1) is 5.71 Å². The first-order chi connectivity index (χ1) is 8.27. The van der Waals surface area contributed by atoms with Crippen LogP contribution in [0.25, 0.3) is 0 Å². The van der Waals surface area contributed by atoms with Crippen molar-refractivity contribution in [2.45, 2.75) is 26.2 Å². The fourth-order valence-electron chi connectivity index (χ4n) is 4.15. The molecule has 4 heteroatoms. The minimum Gasteiger partial charge on any atom is -0.323 e. The third-order valence-corrected chi connectivity index (χ3v) is 4.82. The lowest BCUT2D eigenvalue weighted by atomic mass is 9.68. The van der Waals surface area contributed by atoms with Crippen molar-refractivity contribution in [3.8, 4) is 0 Å². The van der Waals surface area contributed by atoms with Gasteiger partial charge in [0.25, 0.3) is 0 Å². The smallest absolute Gasteiger partial charge is 0.0519 e. The van der Waals surface area contributed by atoms with Crippen molar-refractivity contribution in [3.63, 3.8) is 0 Å². The maximum Gasteiger partial charge on any atom is 0.0519 e. The van der Waals surface area contributed by atoms with Gasteiger partial charge in [0, 0.05) is 50.6 Å². The fourth-order valence-corrected chi connectivity index (χ4v) is 4.15. The van der Waals surface area contributed by atoms with E-state index >= 15 is 0 Å². The molecule has 0 saturated carbocycles. The zero-order chi connectivity index (χ0) is 11.9. The van der Waals surface area contributed by atoms with Crippen molar-refractivity contribution in [2.75, 3.05) is 39.3 Å². The molecule has 4 rings (SSSR count). The van der Waals surface area contributed by atoms with Gasteiger partial charge >= 0.3 is 0 Å². The monoisotopic (exact) mass is 236 g/mol. The van der Waals surface area contributed by atoms with Crippen LogP contribution in [0.2, 0.25) is 0 Å². The Labute approximate surface area is 104 Å². The van der Waals surface area contributed by atoms with Crippen molar-refractivity contribution in [1.29, 1.82) is 0 Å². The summed E-state index contributed by atoms with van der Waals surface area (Å²) >= 11 is 0. The van der Waals surface area contributed by atoms with Crippen LogP contribution in [0.5, 0.6) is 0 Å². The predicted molar refractivity (Wildman–Crippen MR) is 70.0 cm³/mol. The Morgan fingerprint density at radius 1 is 1.29 bits per heavy atom. The van der Waals surface area contributed by atoms with E-state index in [0.29, 0.717) is 5.92 Å². The SMILES string of the molecule is CCCCC12CN3CCN(CC(C3)C1=NN)C2. The van der Waals surface area contributed by atoms with Crippen molar-refractivity contribution in [2.24, 2.45) is 22.3 Å². The van der Waals surface area contributed by atoms with E-state index in [9.17, 15) is 0 Å². The third-order valence-electron chi connectivity index (χ3n) is 4.82. The predicted octanol–water partition coefficient (Wildman–Crippen LogP) is 0.739. The number of hydrazone groups is 1. The lowest BCUT2D eigenvalue weighted by Crippen LogP contribution is -2.61. The molecule has 4 heterocycles. The molecule has 4 aliphatic heterocycles. The van der Waals surface area contributed by atoms with Gasteiger partial charge in [0.15, 0.2) is 0 Å². The molecule has 0 aromatic heterocycles. The maximum absolute atomic E-state index is 5.71. The Kier molecular flexibility index (Phi) is 2.87. The van der Waals surface area contributed by atoms with E-state index in [0.717, 1.165) is 0 Å². The molecule has 0 aromatic rings. The van der Waals surface area contributed by atoms with Crippen LogP contribution in [0.1, 0.15) is 26.2 Å². The van der Waals surface area contributed by atoms with E-state index in [1.54, 1.807) is 0 Å². The Balaban J connectivity index is 1.92. The summed E-state index contributed by atoms with van der Waals surface area (Å²) in [4.78, 5) is 5.28. The second-order valence-electron chi connectivity index (χ2n) is 6.07. The molecule has 0 spiro atoms. The van der Waals surface area contributed by atoms with Crippen LogP contribution in [-0.2, 0) is 0 Å². The van der Waals surface area contributed by atoms with E-state index in [1.807, 2.05) is 0 Å². The summed E-state index contributed by atoms with van der Waals surface area (Å²) < 4.78 is 0. The quantitative estimate of drug-likeness (QED) is 0.580. The third kappa shape index (κ3) is 1.78. The minimum atomic E-state index is 0.280. The molecule has 0 amide bonds. The Hall–Kier alpha value is -0.610. The normalized spacial score (nSPS) is 46.4. The van der Waals surface area contributed by atoms with Crippen molar-refractivity contribution in [1.82, 2.24) is 9.80 Å².